The zero-order chi connectivity index (χ0) is 18.7. The molecular formula is C17H21N5O3S. The first-order chi connectivity index (χ1) is 12.3. The van der Waals surface area contributed by atoms with Gasteiger partial charge in [0, 0.05) is 30.9 Å². The van der Waals surface area contributed by atoms with Crippen LogP contribution in [0.5, 0.6) is 0 Å². The quantitative estimate of drug-likeness (QED) is 0.884. The van der Waals surface area contributed by atoms with E-state index in [1.165, 1.54) is 11.3 Å². The third kappa shape index (κ3) is 4.54. The van der Waals surface area contributed by atoms with Crippen molar-refractivity contribution in [1.82, 2.24) is 25.2 Å². The summed E-state index contributed by atoms with van der Waals surface area (Å²) in [5, 5.41) is 5.19. The lowest BCUT2D eigenvalue weighted by Gasteiger charge is -2.22. The number of carbonyl (C=O) groups excluding carboxylic acids is 2. The monoisotopic (exact) mass is 375 g/mol. The van der Waals surface area contributed by atoms with Crippen molar-refractivity contribution in [3.05, 3.63) is 29.7 Å². The van der Waals surface area contributed by atoms with Crippen LogP contribution in [0.3, 0.4) is 0 Å². The first-order valence-electron chi connectivity index (χ1n) is 8.32. The molecule has 3 heterocycles. The Bertz CT molecular complexity index is 787. The molecular weight excluding hydrogens is 354 g/mol. The van der Waals surface area contributed by atoms with Gasteiger partial charge < -0.3 is 15.0 Å². The summed E-state index contributed by atoms with van der Waals surface area (Å²) in [5.74, 6) is -0.148. The lowest BCUT2D eigenvalue weighted by molar-refractivity contribution is 0.0502. The molecule has 8 nitrogen and oxygen atoms in total. The number of hydrogen-bond donors (Lipinski definition) is 1. The molecule has 1 aliphatic heterocycles. The molecule has 1 saturated heterocycles. The van der Waals surface area contributed by atoms with E-state index in [1.807, 2.05) is 20.8 Å². The minimum atomic E-state index is -0.546. The van der Waals surface area contributed by atoms with Crippen molar-refractivity contribution in [3.8, 4) is 10.7 Å². The van der Waals surface area contributed by atoms with E-state index < -0.39 is 11.7 Å². The van der Waals surface area contributed by atoms with E-state index in [9.17, 15) is 9.59 Å². The molecule has 0 spiro atoms. The number of nitrogens with one attached hydrogen (secondary N) is 1. The van der Waals surface area contributed by atoms with Gasteiger partial charge in [-0.3, -0.25) is 14.8 Å². The van der Waals surface area contributed by atoms with Crippen LogP contribution >= 0.6 is 11.3 Å². The van der Waals surface area contributed by atoms with Crippen LogP contribution in [-0.2, 0) is 4.74 Å². The summed E-state index contributed by atoms with van der Waals surface area (Å²) in [7, 11) is 0. The van der Waals surface area contributed by atoms with E-state index in [0.29, 0.717) is 35.9 Å². The Balaban J connectivity index is 1.58. The van der Waals surface area contributed by atoms with Crippen LogP contribution in [0.25, 0.3) is 10.7 Å². The number of aromatic nitrogens is 3. The first kappa shape index (κ1) is 18.2. The van der Waals surface area contributed by atoms with Gasteiger partial charge in [-0.05, 0) is 27.2 Å². The molecule has 2 aromatic rings. The summed E-state index contributed by atoms with van der Waals surface area (Å²) >= 11 is 1.36. The molecule has 1 unspecified atom stereocenters. The number of hydrogen-bond acceptors (Lipinski definition) is 7. The highest BCUT2D eigenvalue weighted by Gasteiger charge is 2.30. The maximum Gasteiger partial charge on any atom is 0.407 e. The number of alkyl carbamates (subject to hydrolysis) is 1. The number of ether oxygens (including phenoxy) is 1. The Morgan fingerprint density at radius 1 is 1.35 bits per heavy atom. The van der Waals surface area contributed by atoms with Crippen LogP contribution in [-0.4, -0.2) is 56.6 Å². The minimum Gasteiger partial charge on any atom is -0.444 e. The standard InChI is InChI=1S/C17H21N5O3S/c1-17(2,3)25-16(24)20-11-4-7-22(9-11)15(23)13-10-26-14(21-13)12-8-18-5-6-19-12/h5-6,8,10-11H,4,7,9H2,1-3H3,(H,20,24). The second-order valence-corrected chi connectivity index (χ2v) is 7.87. The van der Waals surface area contributed by atoms with Crippen molar-refractivity contribution >= 4 is 23.3 Å². The fraction of sp³-hybridized carbons (Fsp3) is 0.471. The van der Waals surface area contributed by atoms with E-state index in [4.69, 9.17) is 4.74 Å². The predicted molar refractivity (Wildman–Crippen MR) is 96.8 cm³/mol. The predicted octanol–water partition coefficient (Wildman–Crippen LogP) is 2.34. The summed E-state index contributed by atoms with van der Waals surface area (Å²) in [4.78, 5) is 38.8. The van der Waals surface area contributed by atoms with Crippen LogP contribution in [0.4, 0.5) is 4.79 Å². The first-order valence-corrected chi connectivity index (χ1v) is 9.20. The summed E-state index contributed by atoms with van der Waals surface area (Å²) in [5.41, 5.74) is 0.478. The van der Waals surface area contributed by atoms with Gasteiger partial charge in [-0.1, -0.05) is 0 Å². The molecule has 3 rings (SSSR count). The number of amides is 2. The van der Waals surface area contributed by atoms with Gasteiger partial charge in [0.15, 0.2) is 0 Å². The van der Waals surface area contributed by atoms with Gasteiger partial charge in [-0.25, -0.2) is 9.78 Å². The maximum absolute atomic E-state index is 12.6. The smallest absolute Gasteiger partial charge is 0.407 e. The Hall–Kier alpha value is -2.55. The van der Waals surface area contributed by atoms with Crippen molar-refractivity contribution in [3.63, 3.8) is 0 Å². The van der Waals surface area contributed by atoms with Gasteiger partial charge in [0.25, 0.3) is 5.91 Å². The largest absolute Gasteiger partial charge is 0.444 e. The van der Waals surface area contributed by atoms with Gasteiger partial charge in [0.2, 0.25) is 0 Å². The number of likely N-dealkylation sites (tertiary alicyclic amines) is 1. The molecule has 1 N–H and O–H groups in total. The highest BCUT2D eigenvalue weighted by molar-refractivity contribution is 7.13. The van der Waals surface area contributed by atoms with Crippen LogP contribution in [0.2, 0.25) is 0 Å². The molecule has 0 aliphatic carbocycles. The molecule has 0 saturated carbocycles. The highest BCUT2D eigenvalue weighted by atomic mass is 32.1. The topological polar surface area (TPSA) is 97.3 Å². The van der Waals surface area contributed by atoms with Crippen molar-refractivity contribution in [2.45, 2.75) is 38.8 Å². The molecule has 2 amide bonds. The van der Waals surface area contributed by atoms with E-state index in [1.54, 1.807) is 28.9 Å². The Morgan fingerprint density at radius 2 is 2.15 bits per heavy atom. The Labute approximate surface area is 155 Å². The number of nitrogens with zero attached hydrogens (tertiary/aromatic N) is 4. The summed E-state index contributed by atoms with van der Waals surface area (Å²) in [6, 6.07) is -0.119. The van der Waals surface area contributed by atoms with E-state index in [-0.39, 0.29) is 11.9 Å². The van der Waals surface area contributed by atoms with Crippen molar-refractivity contribution in [1.29, 1.82) is 0 Å². The van der Waals surface area contributed by atoms with E-state index in [0.717, 1.165) is 0 Å². The average molecular weight is 375 g/mol. The minimum absolute atomic E-state index is 0.119. The molecule has 1 atom stereocenters. The van der Waals surface area contributed by atoms with Gasteiger partial charge in [0.05, 0.1) is 12.2 Å². The molecule has 0 bridgehead atoms. The van der Waals surface area contributed by atoms with E-state index >= 15 is 0 Å². The molecule has 0 radical (unpaired) electrons. The van der Waals surface area contributed by atoms with Gasteiger partial charge in [-0.15, -0.1) is 11.3 Å². The normalized spacial score (nSPS) is 17.2. The lowest BCUT2D eigenvalue weighted by atomic mass is 10.2. The Kier molecular flexibility index (Phi) is 5.17. The van der Waals surface area contributed by atoms with Crippen LogP contribution in [0.1, 0.15) is 37.7 Å². The molecule has 138 valence electrons. The second-order valence-electron chi connectivity index (χ2n) is 7.01. The molecule has 2 aromatic heterocycles. The zero-order valence-electron chi connectivity index (χ0n) is 14.9. The maximum atomic E-state index is 12.6. The molecule has 26 heavy (non-hydrogen) atoms. The molecule has 1 fully saturated rings. The Morgan fingerprint density at radius 3 is 2.85 bits per heavy atom. The van der Waals surface area contributed by atoms with Crippen LogP contribution in [0.15, 0.2) is 24.0 Å². The summed E-state index contributed by atoms with van der Waals surface area (Å²) in [6.07, 6.45) is 5.02. The summed E-state index contributed by atoms with van der Waals surface area (Å²) in [6.45, 7) is 6.45. The van der Waals surface area contributed by atoms with Gasteiger partial charge in [-0.2, -0.15) is 0 Å². The van der Waals surface area contributed by atoms with Crippen LogP contribution < -0.4 is 5.32 Å². The molecule has 1 aliphatic rings. The fourth-order valence-electron chi connectivity index (χ4n) is 2.60. The molecule has 0 aromatic carbocycles. The molecule has 9 heteroatoms. The second kappa shape index (κ2) is 7.36. The number of thiazole rings is 1. The average Bonchev–Trinajstić information content (AvgIpc) is 3.22. The zero-order valence-corrected chi connectivity index (χ0v) is 15.7. The number of carbonyl (C=O) groups is 2. The van der Waals surface area contributed by atoms with Crippen molar-refractivity contribution < 1.29 is 14.3 Å². The van der Waals surface area contributed by atoms with Gasteiger partial charge in [0.1, 0.15) is 22.0 Å². The SMILES string of the molecule is CC(C)(C)OC(=O)NC1CCN(C(=O)c2csc(-c3cnccn3)n2)C1. The lowest BCUT2D eigenvalue weighted by Crippen LogP contribution is -2.41. The third-order valence-electron chi connectivity index (χ3n) is 3.70. The number of rotatable bonds is 3. The highest BCUT2D eigenvalue weighted by Crippen LogP contribution is 2.22. The van der Waals surface area contributed by atoms with E-state index in [2.05, 4.69) is 20.3 Å². The van der Waals surface area contributed by atoms with Gasteiger partial charge >= 0.3 is 6.09 Å². The fourth-order valence-corrected chi connectivity index (χ4v) is 3.35. The third-order valence-corrected chi connectivity index (χ3v) is 4.57. The van der Waals surface area contributed by atoms with Crippen LogP contribution in [0, 0.1) is 0 Å². The van der Waals surface area contributed by atoms with Crippen molar-refractivity contribution in [2.75, 3.05) is 13.1 Å². The van der Waals surface area contributed by atoms with Crippen molar-refractivity contribution in [2.24, 2.45) is 0 Å². The summed E-state index contributed by atoms with van der Waals surface area (Å²) < 4.78 is 5.26.